The summed E-state index contributed by atoms with van der Waals surface area (Å²) in [7, 11) is 1.81. The second-order valence-electron chi connectivity index (χ2n) is 7.98. The highest BCUT2D eigenvalue weighted by atomic mass is 127. The predicted molar refractivity (Wildman–Crippen MR) is 112 cm³/mol. The monoisotopic (exact) mass is 461 g/mol. The van der Waals surface area contributed by atoms with Gasteiger partial charge >= 0.3 is 0 Å². The summed E-state index contributed by atoms with van der Waals surface area (Å²) in [4.78, 5) is 11.3. The van der Waals surface area contributed by atoms with Gasteiger partial charge in [0.25, 0.3) is 0 Å². The molecule has 1 aromatic heterocycles. The standard InChI is InChI=1S/C18H31N5O.HI/c1-18(2,3)15-11-20-16(24-15)12-21-17(19-4)22-13-7-9-23(10-8-13)14-5-6-14;/h11,13-14H,5-10,12H2,1-4H3,(H2,19,21,22);1H. The van der Waals surface area contributed by atoms with E-state index in [4.69, 9.17) is 4.42 Å². The van der Waals surface area contributed by atoms with Crippen molar-refractivity contribution in [1.82, 2.24) is 20.5 Å². The zero-order chi connectivity index (χ0) is 17.2. The third-order valence-electron chi connectivity index (χ3n) is 4.86. The maximum absolute atomic E-state index is 5.82. The number of nitrogens with zero attached hydrogens (tertiary/aromatic N) is 3. The largest absolute Gasteiger partial charge is 0.443 e. The summed E-state index contributed by atoms with van der Waals surface area (Å²) >= 11 is 0. The molecule has 0 atom stereocenters. The number of rotatable bonds is 4. The van der Waals surface area contributed by atoms with Gasteiger partial charge in [-0.1, -0.05) is 20.8 Å². The molecule has 25 heavy (non-hydrogen) atoms. The Morgan fingerprint density at radius 3 is 2.48 bits per heavy atom. The van der Waals surface area contributed by atoms with Gasteiger partial charge in [0.15, 0.2) is 5.96 Å². The second-order valence-corrected chi connectivity index (χ2v) is 7.98. The molecule has 1 aromatic rings. The van der Waals surface area contributed by atoms with E-state index < -0.39 is 0 Å². The molecular formula is C18H32IN5O. The minimum Gasteiger partial charge on any atom is -0.443 e. The van der Waals surface area contributed by atoms with Crippen molar-refractivity contribution < 1.29 is 4.42 Å². The molecular weight excluding hydrogens is 429 g/mol. The number of nitrogens with one attached hydrogen (secondary N) is 2. The lowest BCUT2D eigenvalue weighted by Gasteiger charge is -2.33. The Morgan fingerprint density at radius 1 is 1.28 bits per heavy atom. The molecule has 7 heteroatoms. The van der Waals surface area contributed by atoms with Crippen LogP contribution in [0.2, 0.25) is 0 Å². The van der Waals surface area contributed by atoms with E-state index in [-0.39, 0.29) is 29.4 Å². The first-order valence-electron chi connectivity index (χ1n) is 9.12. The summed E-state index contributed by atoms with van der Waals surface area (Å²) in [5, 5.41) is 6.85. The third-order valence-corrected chi connectivity index (χ3v) is 4.86. The van der Waals surface area contributed by atoms with Crippen LogP contribution in [0, 0.1) is 0 Å². The molecule has 6 nitrogen and oxygen atoms in total. The molecule has 0 spiro atoms. The Morgan fingerprint density at radius 2 is 1.96 bits per heavy atom. The highest BCUT2D eigenvalue weighted by molar-refractivity contribution is 14.0. The van der Waals surface area contributed by atoms with Crippen LogP contribution in [0.1, 0.15) is 58.1 Å². The maximum Gasteiger partial charge on any atom is 0.213 e. The number of halogens is 1. The second kappa shape index (κ2) is 8.70. The number of hydrogen-bond acceptors (Lipinski definition) is 4. The van der Waals surface area contributed by atoms with E-state index in [2.05, 4.69) is 46.3 Å². The third kappa shape index (κ3) is 5.84. The number of likely N-dealkylation sites (tertiary alicyclic amines) is 1. The molecule has 1 aliphatic heterocycles. The van der Waals surface area contributed by atoms with Crippen molar-refractivity contribution in [2.45, 2.75) is 70.5 Å². The lowest BCUT2D eigenvalue weighted by Crippen LogP contribution is -2.48. The fourth-order valence-electron chi connectivity index (χ4n) is 3.13. The predicted octanol–water partition coefficient (Wildman–Crippen LogP) is 2.88. The quantitative estimate of drug-likeness (QED) is 0.410. The first-order chi connectivity index (χ1) is 11.5. The number of guanidine groups is 1. The van der Waals surface area contributed by atoms with Crippen LogP contribution in [0.15, 0.2) is 15.6 Å². The zero-order valence-corrected chi connectivity index (χ0v) is 18.2. The van der Waals surface area contributed by atoms with E-state index >= 15 is 0 Å². The van der Waals surface area contributed by atoms with E-state index in [0.29, 0.717) is 18.5 Å². The van der Waals surface area contributed by atoms with E-state index in [9.17, 15) is 0 Å². The van der Waals surface area contributed by atoms with Gasteiger partial charge in [0.2, 0.25) is 5.89 Å². The first kappa shape index (κ1) is 20.5. The van der Waals surface area contributed by atoms with Crippen LogP contribution in [0.3, 0.4) is 0 Å². The number of hydrogen-bond donors (Lipinski definition) is 2. The van der Waals surface area contributed by atoms with Crippen molar-refractivity contribution in [2.24, 2.45) is 4.99 Å². The highest BCUT2D eigenvalue weighted by Crippen LogP contribution is 2.29. The average Bonchev–Trinajstić information content (AvgIpc) is 3.28. The number of piperidine rings is 1. The molecule has 1 aliphatic carbocycles. The Hall–Kier alpha value is -0.830. The Balaban J connectivity index is 0.00000225. The minimum absolute atomic E-state index is 0. The summed E-state index contributed by atoms with van der Waals surface area (Å²) in [6, 6.07) is 1.38. The van der Waals surface area contributed by atoms with Crippen molar-refractivity contribution in [2.75, 3.05) is 20.1 Å². The summed E-state index contributed by atoms with van der Waals surface area (Å²) in [5.41, 5.74) is -0.0132. The topological polar surface area (TPSA) is 65.7 Å². The Labute approximate surface area is 168 Å². The van der Waals surface area contributed by atoms with E-state index in [1.807, 2.05) is 13.2 Å². The van der Waals surface area contributed by atoms with Crippen LogP contribution in [-0.2, 0) is 12.0 Å². The fraction of sp³-hybridized carbons (Fsp3) is 0.778. The van der Waals surface area contributed by atoms with Crippen LogP contribution in [-0.4, -0.2) is 48.1 Å². The van der Waals surface area contributed by atoms with Gasteiger partial charge in [0.1, 0.15) is 5.76 Å². The van der Waals surface area contributed by atoms with Gasteiger partial charge in [-0.15, -0.1) is 24.0 Å². The smallest absolute Gasteiger partial charge is 0.213 e. The van der Waals surface area contributed by atoms with Crippen molar-refractivity contribution in [3.63, 3.8) is 0 Å². The lowest BCUT2D eigenvalue weighted by atomic mass is 9.94. The molecule has 0 radical (unpaired) electrons. The lowest BCUT2D eigenvalue weighted by molar-refractivity contribution is 0.197. The van der Waals surface area contributed by atoms with E-state index in [1.54, 1.807) is 0 Å². The molecule has 1 saturated heterocycles. The molecule has 2 heterocycles. The summed E-state index contributed by atoms with van der Waals surface area (Å²) in [6.07, 6.45) is 6.98. The fourth-order valence-corrected chi connectivity index (χ4v) is 3.13. The molecule has 142 valence electrons. The van der Waals surface area contributed by atoms with Gasteiger partial charge in [-0.05, 0) is 25.7 Å². The normalized spacial score (nSPS) is 20.2. The SMILES string of the molecule is CN=C(NCc1ncc(C(C)(C)C)o1)NC1CCN(C2CC2)CC1.I. The summed E-state index contributed by atoms with van der Waals surface area (Å²) in [5.74, 6) is 2.44. The highest BCUT2D eigenvalue weighted by Gasteiger charge is 2.31. The van der Waals surface area contributed by atoms with Gasteiger partial charge in [-0.3, -0.25) is 4.99 Å². The van der Waals surface area contributed by atoms with Crippen LogP contribution in [0.4, 0.5) is 0 Å². The van der Waals surface area contributed by atoms with Gasteiger partial charge in [0, 0.05) is 37.6 Å². The first-order valence-corrected chi connectivity index (χ1v) is 9.12. The number of aliphatic imine (C=N–C) groups is 1. The van der Waals surface area contributed by atoms with Crippen LogP contribution >= 0.6 is 24.0 Å². The van der Waals surface area contributed by atoms with Crippen molar-refractivity contribution in [1.29, 1.82) is 0 Å². The Kier molecular flexibility index (Phi) is 7.13. The molecule has 1 saturated carbocycles. The van der Waals surface area contributed by atoms with Crippen LogP contribution < -0.4 is 10.6 Å². The van der Waals surface area contributed by atoms with Crippen LogP contribution in [0.5, 0.6) is 0 Å². The van der Waals surface area contributed by atoms with Gasteiger partial charge in [0.05, 0.1) is 12.7 Å². The van der Waals surface area contributed by atoms with Crippen molar-refractivity contribution >= 4 is 29.9 Å². The van der Waals surface area contributed by atoms with Crippen LogP contribution in [0.25, 0.3) is 0 Å². The zero-order valence-electron chi connectivity index (χ0n) is 15.8. The molecule has 2 fully saturated rings. The van der Waals surface area contributed by atoms with E-state index in [0.717, 1.165) is 17.8 Å². The summed E-state index contributed by atoms with van der Waals surface area (Å²) < 4.78 is 5.82. The van der Waals surface area contributed by atoms with Crippen molar-refractivity contribution in [3.05, 3.63) is 17.8 Å². The van der Waals surface area contributed by atoms with Gasteiger partial charge < -0.3 is 20.0 Å². The summed E-state index contributed by atoms with van der Waals surface area (Å²) in [6.45, 7) is 9.33. The molecule has 2 N–H and O–H groups in total. The molecule has 0 aromatic carbocycles. The molecule has 0 amide bonds. The van der Waals surface area contributed by atoms with E-state index in [1.165, 1.54) is 38.8 Å². The molecule has 3 rings (SSSR count). The number of oxazole rings is 1. The number of aromatic nitrogens is 1. The minimum atomic E-state index is -0.0132. The molecule has 0 unspecified atom stereocenters. The maximum atomic E-state index is 5.82. The van der Waals surface area contributed by atoms with Gasteiger partial charge in [-0.2, -0.15) is 0 Å². The Bertz CT molecular complexity index is 568. The molecule has 2 aliphatic rings. The van der Waals surface area contributed by atoms with Gasteiger partial charge in [-0.25, -0.2) is 4.98 Å². The van der Waals surface area contributed by atoms with Crippen molar-refractivity contribution in [3.8, 4) is 0 Å². The molecule has 0 bridgehead atoms. The average molecular weight is 461 g/mol.